The summed E-state index contributed by atoms with van der Waals surface area (Å²) in [5, 5.41) is 17.1. The smallest absolute Gasteiger partial charge is 0.170 e. The van der Waals surface area contributed by atoms with Crippen LogP contribution in [0, 0.1) is 13.8 Å². The van der Waals surface area contributed by atoms with Crippen LogP contribution in [0.2, 0.25) is 15.1 Å². The summed E-state index contributed by atoms with van der Waals surface area (Å²) in [6, 6.07) is 11.7. The highest BCUT2D eigenvalue weighted by molar-refractivity contribution is 7.98. The number of aliphatic hydroxyl groups excluding tert-OH is 1. The highest BCUT2D eigenvalue weighted by Gasteiger charge is 2.24. The molecule has 0 saturated heterocycles. The first-order valence-corrected chi connectivity index (χ1v) is 13.1. The second-order valence-corrected chi connectivity index (χ2v) is 9.96. The van der Waals surface area contributed by atoms with Gasteiger partial charge in [0.1, 0.15) is 22.4 Å². The summed E-state index contributed by atoms with van der Waals surface area (Å²) >= 11 is 20.7. The number of hydrogen-bond acceptors (Lipinski definition) is 6. The molecule has 0 fully saturated rings. The Bertz CT molecular complexity index is 1300. The molecule has 0 saturated carbocycles. The molecule has 2 aromatic heterocycles. The quantitative estimate of drug-likeness (QED) is 0.259. The fourth-order valence-electron chi connectivity index (χ4n) is 3.78. The highest BCUT2D eigenvalue weighted by atomic mass is 35.5. The molecule has 0 spiro atoms. The fraction of sp³-hybridized carbons (Fsp3) is 0.292. The Morgan fingerprint density at radius 2 is 1.71 bits per heavy atom. The van der Waals surface area contributed by atoms with Gasteiger partial charge in [-0.3, -0.25) is 0 Å². The van der Waals surface area contributed by atoms with Crippen LogP contribution in [-0.2, 0) is 6.54 Å². The molecule has 0 aliphatic heterocycles. The van der Waals surface area contributed by atoms with Gasteiger partial charge in [-0.2, -0.15) is 5.10 Å². The molecule has 0 aliphatic carbocycles. The van der Waals surface area contributed by atoms with Gasteiger partial charge in [-0.25, -0.2) is 14.6 Å². The Morgan fingerprint density at radius 1 is 1.03 bits per heavy atom. The Kier molecular flexibility index (Phi) is 7.90. The second kappa shape index (κ2) is 10.7. The predicted molar refractivity (Wildman–Crippen MR) is 142 cm³/mol. The summed E-state index contributed by atoms with van der Waals surface area (Å²) in [5.74, 6) is 1.35. The fourth-order valence-corrected chi connectivity index (χ4v) is 5.30. The molecule has 4 rings (SSSR count). The van der Waals surface area contributed by atoms with Crippen molar-refractivity contribution in [3.8, 4) is 5.69 Å². The van der Waals surface area contributed by atoms with Gasteiger partial charge in [0.05, 0.1) is 15.4 Å². The number of benzene rings is 2. The minimum atomic E-state index is 0.0856. The number of aliphatic hydroxyl groups is 1. The molecule has 0 aliphatic rings. The van der Waals surface area contributed by atoms with Crippen molar-refractivity contribution >= 4 is 63.4 Å². The number of hydrogen-bond donors (Lipinski definition) is 1. The van der Waals surface area contributed by atoms with E-state index in [0.29, 0.717) is 51.7 Å². The zero-order chi connectivity index (χ0) is 24.4. The van der Waals surface area contributed by atoms with Crippen LogP contribution in [0.5, 0.6) is 0 Å². The van der Waals surface area contributed by atoms with E-state index >= 15 is 0 Å². The van der Waals surface area contributed by atoms with Crippen LogP contribution in [-0.4, -0.2) is 44.3 Å². The van der Waals surface area contributed by atoms with Gasteiger partial charge in [0, 0.05) is 24.7 Å². The molecule has 2 aromatic carbocycles. The molecule has 6 nitrogen and oxygen atoms in total. The molecular weight excluding hydrogens is 513 g/mol. The molecule has 34 heavy (non-hydrogen) atoms. The second-order valence-electron chi connectivity index (χ2n) is 7.92. The van der Waals surface area contributed by atoms with Crippen molar-refractivity contribution in [2.75, 3.05) is 24.3 Å². The van der Waals surface area contributed by atoms with E-state index in [-0.39, 0.29) is 6.61 Å². The van der Waals surface area contributed by atoms with Gasteiger partial charge in [0.2, 0.25) is 0 Å². The molecule has 4 aromatic rings. The summed E-state index contributed by atoms with van der Waals surface area (Å²) < 4.78 is 1.66. The average Bonchev–Trinajstić information content (AvgIpc) is 3.15. The van der Waals surface area contributed by atoms with Gasteiger partial charge in [-0.15, -0.1) is 11.8 Å². The number of aromatic nitrogens is 4. The molecular formula is C24H24Cl3N5OS. The van der Waals surface area contributed by atoms with Gasteiger partial charge in [0.15, 0.2) is 5.65 Å². The number of fused-ring (bicyclic) bond motifs is 1. The lowest BCUT2D eigenvalue weighted by Crippen LogP contribution is -2.26. The van der Waals surface area contributed by atoms with Crippen molar-refractivity contribution in [3.05, 3.63) is 68.4 Å². The Labute approximate surface area is 217 Å². The molecule has 0 radical (unpaired) electrons. The van der Waals surface area contributed by atoms with E-state index in [4.69, 9.17) is 49.9 Å². The predicted octanol–water partition coefficient (Wildman–Crippen LogP) is 6.50. The first kappa shape index (κ1) is 25.1. The number of halogens is 3. The average molecular weight is 537 g/mol. The molecule has 0 bridgehead atoms. The summed E-state index contributed by atoms with van der Waals surface area (Å²) in [5.41, 5.74) is 3.47. The number of nitrogens with zero attached hydrogens (tertiary/aromatic N) is 5. The number of thioether (sulfide) groups is 1. The maximum Gasteiger partial charge on any atom is 0.170 e. The number of anilines is 1. The van der Waals surface area contributed by atoms with Crippen LogP contribution in [0.4, 0.5) is 5.82 Å². The van der Waals surface area contributed by atoms with Crippen LogP contribution >= 0.6 is 46.6 Å². The third kappa shape index (κ3) is 5.14. The first-order valence-electron chi connectivity index (χ1n) is 10.7. The maximum atomic E-state index is 9.55. The van der Waals surface area contributed by atoms with Crippen molar-refractivity contribution < 1.29 is 5.11 Å². The SMILES string of the molecule is CSc1nn(-c2c(Cl)cc(Cl)cc2Cl)c2nc(C)nc(N(CCCO)Cc3ccc(C)cc3)c12. The molecule has 178 valence electrons. The van der Waals surface area contributed by atoms with E-state index in [2.05, 4.69) is 36.1 Å². The van der Waals surface area contributed by atoms with Gasteiger partial charge in [-0.05, 0) is 44.2 Å². The zero-order valence-corrected chi connectivity index (χ0v) is 22.1. The highest BCUT2D eigenvalue weighted by Crippen LogP contribution is 2.38. The lowest BCUT2D eigenvalue weighted by atomic mass is 10.1. The molecule has 1 N–H and O–H groups in total. The Morgan fingerprint density at radius 3 is 2.32 bits per heavy atom. The normalized spacial score (nSPS) is 11.4. The standard InChI is InChI=1S/C24H24Cl3N5OS/c1-14-5-7-16(8-6-14)13-31(9-4-10-33)22-20-23(29-15(2)28-22)32(30-24(20)34-3)21-18(26)11-17(25)12-19(21)27/h5-8,11-12,33H,4,9-10,13H2,1-3H3. The van der Waals surface area contributed by atoms with Crippen molar-refractivity contribution in [2.24, 2.45) is 0 Å². The van der Waals surface area contributed by atoms with Crippen LogP contribution in [0.15, 0.2) is 41.4 Å². The molecule has 0 atom stereocenters. The van der Waals surface area contributed by atoms with Crippen LogP contribution < -0.4 is 4.90 Å². The Hall–Kier alpha value is -2.03. The first-order chi connectivity index (χ1) is 16.3. The van der Waals surface area contributed by atoms with Gasteiger partial charge < -0.3 is 10.0 Å². The summed E-state index contributed by atoms with van der Waals surface area (Å²) in [6.07, 6.45) is 2.56. The van der Waals surface area contributed by atoms with E-state index in [0.717, 1.165) is 21.8 Å². The van der Waals surface area contributed by atoms with Crippen molar-refractivity contribution in [3.63, 3.8) is 0 Å². The van der Waals surface area contributed by atoms with E-state index in [1.807, 2.05) is 13.2 Å². The lowest BCUT2D eigenvalue weighted by Gasteiger charge is -2.25. The van der Waals surface area contributed by atoms with Crippen LogP contribution in [0.3, 0.4) is 0 Å². The number of aryl methyl sites for hydroxylation is 2. The summed E-state index contributed by atoms with van der Waals surface area (Å²) in [6.45, 7) is 5.25. The third-order valence-electron chi connectivity index (χ3n) is 5.35. The molecule has 10 heteroatoms. The van der Waals surface area contributed by atoms with Crippen LogP contribution in [0.25, 0.3) is 16.7 Å². The van der Waals surface area contributed by atoms with Gasteiger partial charge in [-0.1, -0.05) is 64.6 Å². The van der Waals surface area contributed by atoms with Crippen molar-refractivity contribution in [2.45, 2.75) is 31.8 Å². The molecule has 0 amide bonds. The minimum absolute atomic E-state index is 0.0856. The van der Waals surface area contributed by atoms with Crippen molar-refractivity contribution in [1.29, 1.82) is 0 Å². The maximum absolute atomic E-state index is 9.55. The molecule has 2 heterocycles. The van der Waals surface area contributed by atoms with E-state index in [9.17, 15) is 5.11 Å². The van der Waals surface area contributed by atoms with E-state index in [1.54, 1.807) is 16.8 Å². The van der Waals surface area contributed by atoms with Gasteiger partial charge in [0.25, 0.3) is 0 Å². The summed E-state index contributed by atoms with van der Waals surface area (Å²) in [4.78, 5) is 11.7. The number of rotatable bonds is 8. The van der Waals surface area contributed by atoms with Crippen LogP contribution in [0.1, 0.15) is 23.4 Å². The minimum Gasteiger partial charge on any atom is -0.396 e. The topological polar surface area (TPSA) is 67.1 Å². The Balaban J connectivity index is 1.92. The summed E-state index contributed by atoms with van der Waals surface area (Å²) in [7, 11) is 0. The van der Waals surface area contributed by atoms with E-state index in [1.165, 1.54) is 17.3 Å². The monoisotopic (exact) mass is 535 g/mol. The van der Waals surface area contributed by atoms with Crippen molar-refractivity contribution in [1.82, 2.24) is 19.7 Å². The van der Waals surface area contributed by atoms with Gasteiger partial charge >= 0.3 is 0 Å². The third-order valence-corrected chi connectivity index (χ3v) is 6.82. The van der Waals surface area contributed by atoms with E-state index < -0.39 is 0 Å². The molecule has 0 unspecified atom stereocenters. The largest absolute Gasteiger partial charge is 0.396 e. The lowest BCUT2D eigenvalue weighted by molar-refractivity contribution is 0.289. The zero-order valence-electron chi connectivity index (χ0n) is 19.0.